The van der Waals surface area contributed by atoms with Crippen molar-refractivity contribution in [3.63, 3.8) is 0 Å². The molecule has 1 N–H and O–H groups in total. The zero-order chi connectivity index (χ0) is 22.1. The van der Waals surface area contributed by atoms with Crippen LogP contribution in [0.2, 0.25) is 0 Å². The fraction of sp³-hybridized carbons (Fsp3) is 0.280. The number of carbonyl (C=O) groups excluding carboxylic acids is 1. The number of aryl methyl sites for hydroxylation is 1. The first-order chi connectivity index (χ1) is 15.6. The van der Waals surface area contributed by atoms with Crippen molar-refractivity contribution in [3.05, 3.63) is 94.4 Å². The Morgan fingerprint density at radius 2 is 1.91 bits per heavy atom. The second-order valence-corrected chi connectivity index (χ2v) is 8.23. The maximum absolute atomic E-state index is 13.1. The molecule has 0 saturated heterocycles. The molecule has 1 amide bonds. The van der Waals surface area contributed by atoms with E-state index in [1.165, 1.54) is 0 Å². The summed E-state index contributed by atoms with van der Waals surface area (Å²) in [5.74, 6) is 0.766. The predicted molar refractivity (Wildman–Crippen MR) is 120 cm³/mol. The topological polar surface area (TPSA) is 85.8 Å². The summed E-state index contributed by atoms with van der Waals surface area (Å²) in [5.41, 5.74) is 5.89. The molecular weight excluding hydrogens is 402 g/mol. The van der Waals surface area contributed by atoms with Crippen LogP contribution in [0.5, 0.6) is 0 Å². The molecule has 1 atom stereocenters. The molecular formula is C25H25N5O2. The third-order valence-electron chi connectivity index (χ3n) is 5.90. The third-order valence-corrected chi connectivity index (χ3v) is 5.90. The molecule has 0 fully saturated rings. The predicted octanol–water partition coefficient (Wildman–Crippen LogP) is 4.13. The molecule has 0 bridgehead atoms. The summed E-state index contributed by atoms with van der Waals surface area (Å²) in [6, 6.07) is 17.7. The van der Waals surface area contributed by atoms with E-state index in [-0.39, 0.29) is 5.91 Å². The molecule has 1 aliphatic carbocycles. The van der Waals surface area contributed by atoms with Gasteiger partial charge in [0, 0.05) is 17.7 Å². The van der Waals surface area contributed by atoms with Crippen LogP contribution < -0.4 is 5.32 Å². The summed E-state index contributed by atoms with van der Waals surface area (Å²) in [7, 11) is 0. The largest absolute Gasteiger partial charge is 0.339 e. The van der Waals surface area contributed by atoms with E-state index in [1.807, 2.05) is 60.1 Å². The monoisotopic (exact) mass is 427 g/mol. The summed E-state index contributed by atoms with van der Waals surface area (Å²) < 4.78 is 7.35. The van der Waals surface area contributed by atoms with Crippen molar-refractivity contribution < 1.29 is 9.32 Å². The van der Waals surface area contributed by atoms with Crippen molar-refractivity contribution in [1.29, 1.82) is 0 Å². The lowest BCUT2D eigenvalue weighted by Crippen LogP contribution is -2.28. The molecule has 0 radical (unpaired) electrons. The van der Waals surface area contributed by atoms with Crippen LogP contribution in [-0.4, -0.2) is 25.8 Å². The minimum Gasteiger partial charge on any atom is -0.339 e. The molecule has 4 aromatic rings. The normalized spacial score (nSPS) is 13.7. The number of para-hydroxylation sites is 1. The van der Waals surface area contributed by atoms with Crippen molar-refractivity contribution in [2.45, 2.75) is 45.6 Å². The Morgan fingerprint density at radius 1 is 1.12 bits per heavy atom. The van der Waals surface area contributed by atoms with Gasteiger partial charge in [-0.2, -0.15) is 10.1 Å². The number of aromatic nitrogens is 4. The summed E-state index contributed by atoms with van der Waals surface area (Å²) in [4.78, 5) is 17.6. The van der Waals surface area contributed by atoms with Gasteiger partial charge < -0.3 is 9.84 Å². The lowest BCUT2D eigenvalue weighted by molar-refractivity contribution is 0.0926. The van der Waals surface area contributed by atoms with Gasteiger partial charge in [0.05, 0.1) is 5.69 Å². The zero-order valence-corrected chi connectivity index (χ0v) is 18.2. The Hall–Kier alpha value is -3.74. The summed E-state index contributed by atoms with van der Waals surface area (Å²) in [6.07, 6.45) is 3.40. The van der Waals surface area contributed by atoms with E-state index >= 15 is 0 Å². The van der Waals surface area contributed by atoms with E-state index in [0.717, 1.165) is 47.3 Å². The molecule has 1 unspecified atom stereocenters. The third kappa shape index (κ3) is 3.82. The van der Waals surface area contributed by atoms with E-state index < -0.39 is 6.04 Å². The van der Waals surface area contributed by atoms with Gasteiger partial charge >= 0.3 is 0 Å². The molecule has 0 saturated carbocycles. The van der Waals surface area contributed by atoms with Crippen molar-refractivity contribution in [2.24, 2.45) is 0 Å². The molecule has 2 aromatic carbocycles. The first-order valence-corrected chi connectivity index (χ1v) is 10.9. The highest BCUT2D eigenvalue weighted by molar-refractivity contribution is 5.94. The molecule has 0 aliphatic heterocycles. The number of amides is 1. The molecule has 2 heterocycles. The number of carbonyl (C=O) groups is 1. The van der Waals surface area contributed by atoms with Gasteiger partial charge in [0.25, 0.3) is 5.91 Å². The van der Waals surface area contributed by atoms with Gasteiger partial charge in [-0.15, -0.1) is 0 Å². The van der Waals surface area contributed by atoms with Crippen LogP contribution in [0.25, 0.3) is 5.69 Å². The smallest absolute Gasteiger partial charge is 0.272 e. The van der Waals surface area contributed by atoms with E-state index in [4.69, 9.17) is 9.62 Å². The highest BCUT2D eigenvalue weighted by atomic mass is 16.5. The van der Waals surface area contributed by atoms with E-state index in [9.17, 15) is 4.79 Å². The van der Waals surface area contributed by atoms with Gasteiger partial charge in [-0.1, -0.05) is 53.7 Å². The van der Waals surface area contributed by atoms with Crippen LogP contribution in [0.1, 0.15) is 64.0 Å². The molecule has 2 aromatic heterocycles. The quantitative estimate of drug-likeness (QED) is 0.500. The fourth-order valence-corrected chi connectivity index (χ4v) is 4.24. The van der Waals surface area contributed by atoms with Crippen LogP contribution in [0.3, 0.4) is 0 Å². The van der Waals surface area contributed by atoms with Crippen LogP contribution in [0.15, 0.2) is 59.1 Å². The second kappa shape index (κ2) is 8.42. The lowest BCUT2D eigenvalue weighted by Gasteiger charge is -2.09. The minimum absolute atomic E-state index is 0.217. The zero-order valence-electron chi connectivity index (χ0n) is 18.2. The maximum Gasteiger partial charge on any atom is 0.272 e. The van der Waals surface area contributed by atoms with Gasteiger partial charge in [0.2, 0.25) is 5.89 Å². The highest BCUT2D eigenvalue weighted by Crippen LogP contribution is 2.29. The Kier molecular flexibility index (Phi) is 5.31. The number of nitrogens with zero attached hydrogens (tertiary/aromatic N) is 4. The van der Waals surface area contributed by atoms with Crippen molar-refractivity contribution in [2.75, 3.05) is 0 Å². The molecule has 0 spiro atoms. The van der Waals surface area contributed by atoms with Crippen molar-refractivity contribution in [1.82, 2.24) is 25.2 Å². The average molecular weight is 428 g/mol. The highest BCUT2D eigenvalue weighted by Gasteiger charge is 2.28. The van der Waals surface area contributed by atoms with Gasteiger partial charge in [0.15, 0.2) is 11.5 Å². The standard InChI is InChI=1S/C25H25N5O2/c1-16-9-6-7-13-20(16)30-21-14-8-12-19(21)23(28-30)24(31)26-17(2)25-27-22(29-32-25)15-18-10-4-3-5-11-18/h3-7,9-11,13,17H,8,12,14-15H2,1-2H3,(H,26,31). The molecule has 5 rings (SSSR count). The molecule has 32 heavy (non-hydrogen) atoms. The summed E-state index contributed by atoms with van der Waals surface area (Å²) in [6.45, 7) is 3.90. The summed E-state index contributed by atoms with van der Waals surface area (Å²) in [5, 5.41) is 11.8. The van der Waals surface area contributed by atoms with Gasteiger partial charge in [-0.05, 0) is 50.3 Å². The Balaban J connectivity index is 1.35. The Morgan fingerprint density at radius 3 is 2.72 bits per heavy atom. The number of benzene rings is 2. The molecule has 1 aliphatic rings. The number of hydrogen-bond acceptors (Lipinski definition) is 5. The number of fused-ring (bicyclic) bond motifs is 1. The summed E-state index contributed by atoms with van der Waals surface area (Å²) >= 11 is 0. The molecule has 162 valence electrons. The Bertz CT molecular complexity index is 1260. The van der Waals surface area contributed by atoms with Gasteiger partial charge in [-0.25, -0.2) is 4.68 Å². The average Bonchev–Trinajstić information content (AvgIpc) is 3.52. The SMILES string of the molecule is Cc1ccccc1-n1nc(C(=O)NC(C)c2nc(Cc3ccccc3)no2)c2c1CCC2. The second-order valence-electron chi connectivity index (χ2n) is 8.23. The minimum atomic E-state index is -0.416. The van der Waals surface area contributed by atoms with E-state index in [1.54, 1.807) is 0 Å². The first kappa shape index (κ1) is 20.2. The molecule has 7 nitrogen and oxygen atoms in total. The molecule has 7 heteroatoms. The maximum atomic E-state index is 13.1. The first-order valence-electron chi connectivity index (χ1n) is 10.9. The fourth-order valence-electron chi connectivity index (χ4n) is 4.24. The number of hydrogen-bond donors (Lipinski definition) is 1. The van der Waals surface area contributed by atoms with Crippen molar-refractivity contribution in [3.8, 4) is 5.69 Å². The van der Waals surface area contributed by atoms with Crippen LogP contribution in [0.4, 0.5) is 0 Å². The number of rotatable bonds is 6. The lowest BCUT2D eigenvalue weighted by atomic mass is 10.1. The van der Waals surface area contributed by atoms with E-state index in [0.29, 0.717) is 23.8 Å². The Labute approximate surface area is 186 Å². The van der Waals surface area contributed by atoms with Crippen molar-refractivity contribution >= 4 is 5.91 Å². The van der Waals surface area contributed by atoms with Crippen LogP contribution in [-0.2, 0) is 19.3 Å². The van der Waals surface area contributed by atoms with E-state index in [2.05, 4.69) is 28.4 Å². The van der Waals surface area contributed by atoms with Crippen LogP contribution >= 0.6 is 0 Å². The number of nitrogens with one attached hydrogen (secondary N) is 1. The van der Waals surface area contributed by atoms with Gasteiger partial charge in [-0.3, -0.25) is 4.79 Å². The van der Waals surface area contributed by atoms with Gasteiger partial charge in [0.1, 0.15) is 6.04 Å². The van der Waals surface area contributed by atoms with Crippen LogP contribution in [0, 0.1) is 6.92 Å².